The molecule has 0 bridgehead atoms. The van der Waals surface area contributed by atoms with Crippen molar-refractivity contribution in [3.63, 3.8) is 0 Å². The zero-order valence-corrected chi connectivity index (χ0v) is 9.79. The lowest BCUT2D eigenvalue weighted by atomic mass is 10.2. The predicted octanol–water partition coefficient (Wildman–Crippen LogP) is 2.48. The van der Waals surface area contributed by atoms with Crippen LogP contribution < -0.4 is 5.19 Å². The lowest BCUT2D eigenvalue weighted by Gasteiger charge is -2.21. The van der Waals surface area contributed by atoms with E-state index in [4.69, 9.17) is 4.43 Å². The largest absolute Gasteiger partial charge is 0.412 e. The molecule has 0 radical (unpaired) electrons. The van der Waals surface area contributed by atoms with Crippen molar-refractivity contribution in [3.8, 4) is 0 Å². The van der Waals surface area contributed by atoms with Crippen molar-refractivity contribution in [3.05, 3.63) is 48.7 Å². The SMILES string of the molecule is C=Cc1ccc([Si](C)(C=C)OC)cc1. The average Bonchev–Trinajstić information content (AvgIpc) is 2.28. The molecule has 14 heavy (non-hydrogen) atoms. The summed E-state index contributed by atoms with van der Waals surface area (Å²) in [7, 11) is -0.134. The quantitative estimate of drug-likeness (QED) is 0.685. The molecule has 0 aliphatic carbocycles. The second-order valence-corrected chi connectivity index (χ2v) is 6.95. The van der Waals surface area contributed by atoms with Gasteiger partial charge in [-0.05, 0) is 17.3 Å². The zero-order valence-electron chi connectivity index (χ0n) is 8.79. The number of hydrogen-bond acceptors (Lipinski definition) is 1. The van der Waals surface area contributed by atoms with Gasteiger partial charge in [0.15, 0.2) is 0 Å². The highest BCUT2D eigenvalue weighted by Gasteiger charge is 2.25. The molecule has 0 saturated carbocycles. The standard InChI is InChI=1S/C12H16OSi/c1-5-11-7-9-12(10-8-11)14(4,6-2)13-3/h5-10H,1-2H2,3-4H3. The molecule has 1 nitrogen and oxygen atoms in total. The van der Waals surface area contributed by atoms with Crippen LogP contribution >= 0.6 is 0 Å². The monoisotopic (exact) mass is 204 g/mol. The van der Waals surface area contributed by atoms with Crippen LogP contribution in [0.4, 0.5) is 0 Å². The van der Waals surface area contributed by atoms with Crippen molar-refractivity contribution >= 4 is 19.6 Å². The van der Waals surface area contributed by atoms with Crippen LogP contribution in [0, 0.1) is 0 Å². The number of rotatable bonds is 4. The van der Waals surface area contributed by atoms with Crippen LogP contribution in [0.2, 0.25) is 6.55 Å². The maximum absolute atomic E-state index is 5.54. The van der Waals surface area contributed by atoms with Crippen molar-refractivity contribution in [2.75, 3.05) is 7.11 Å². The number of benzene rings is 1. The Kier molecular flexibility index (Phi) is 3.44. The van der Waals surface area contributed by atoms with E-state index in [0.29, 0.717) is 0 Å². The summed E-state index contributed by atoms with van der Waals surface area (Å²) in [5.41, 5.74) is 3.07. The second kappa shape index (κ2) is 4.40. The van der Waals surface area contributed by atoms with Gasteiger partial charge >= 0.3 is 0 Å². The van der Waals surface area contributed by atoms with Crippen molar-refractivity contribution in [1.82, 2.24) is 0 Å². The Morgan fingerprint density at radius 3 is 2.14 bits per heavy atom. The molecular formula is C12H16OSi. The molecule has 1 rings (SSSR count). The third-order valence-electron chi connectivity index (χ3n) is 2.53. The van der Waals surface area contributed by atoms with E-state index in [1.165, 1.54) is 5.19 Å². The minimum Gasteiger partial charge on any atom is -0.412 e. The fourth-order valence-corrected chi connectivity index (χ4v) is 2.74. The van der Waals surface area contributed by atoms with Crippen LogP contribution in [-0.2, 0) is 4.43 Å². The van der Waals surface area contributed by atoms with E-state index >= 15 is 0 Å². The van der Waals surface area contributed by atoms with Gasteiger partial charge in [-0.3, -0.25) is 0 Å². The molecule has 2 heteroatoms. The molecule has 0 aliphatic rings. The van der Waals surface area contributed by atoms with E-state index < -0.39 is 8.32 Å². The van der Waals surface area contributed by atoms with Gasteiger partial charge in [-0.1, -0.05) is 42.6 Å². The molecule has 1 aromatic carbocycles. The fourth-order valence-electron chi connectivity index (χ4n) is 1.27. The zero-order chi connectivity index (χ0) is 10.6. The van der Waals surface area contributed by atoms with Gasteiger partial charge in [0.2, 0.25) is 8.32 Å². The Labute approximate surface area is 86.9 Å². The minimum absolute atomic E-state index is 1.13. The summed E-state index contributed by atoms with van der Waals surface area (Å²) in [4.78, 5) is 0. The Balaban J connectivity index is 3.06. The average molecular weight is 204 g/mol. The molecule has 1 unspecified atom stereocenters. The molecule has 0 heterocycles. The molecule has 0 fully saturated rings. The summed E-state index contributed by atoms with van der Waals surface area (Å²) < 4.78 is 5.54. The molecule has 0 saturated heterocycles. The number of hydrogen-bond donors (Lipinski definition) is 0. The molecule has 0 amide bonds. The van der Waals surface area contributed by atoms with E-state index in [9.17, 15) is 0 Å². The van der Waals surface area contributed by atoms with Crippen LogP contribution in [0.3, 0.4) is 0 Å². The van der Waals surface area contributed by atoms with Crippen LogP contribution in [0.25, 0.3) is 6.08 Å². The van der Waals surface area contributed by atoms with Gasteiger partial charge in [-0.2, -0.15) is 0 Å². The van der Waals surface area contributed by atoms with Gasteiger partial charge in [0, 0.05) is 7.11 Å². The first kappa shape index (κ1) is 11.0. The first-order chi connectivity index (χ1) is 6.66. The Hall–Kier alpha value is -1.12. The maximum atomic E-state index is 5.54. The molecular weight excluding hydrogens is 188 g/mol. The normalized spacial score (nSPS) is 14.4. The minimum atomic E-state index is -1.88. The fraction of sp³-hybridized carbons (Fsp3) is 0.167. The summed E-state index contributed by atoms with van der Waals surface area (Å²) in [5.74, 6) is 0. The van der Waals surface area contributed by atoms with Gasteiger partial charge in [0.05, 0.1) is 0 Å². The Morgan fingerprint density at radius 1 is 1.21 bits per heavy atom. The van der Waals surface area contributed by atoms with Gasteiger partial charge in [-0.25, -0.2) is 0 Å². The molecule has 0 N–H and O–H groups in total. The molecule has 1 atom stereocenters. The van der Waals surface area contributed by atoms with Gasteiger partial charge in [0.25, 0.3) is 0 Å². The van der Waals surface area contributed by atoms with Crippen LogP contribution in [-0.4, -0.2) is 15.4 Å². The molecule has 0 aromatic heterocycles. The van der Waals surface area contributed by atoms with Crippen molar-refractivity contribution < 1.29 is 4.43 Å². The smallest absolute Gasteiger partial charge is 0.244 e. The summed E-state index contributed by atoms with van der Waals surface area (Å²) in [6, 6.07) is 8.29. The van der Waals surface area contributed by atoms with E-state index in [1.54, 1.807) is 7.11 Å². The third-order valence-corrected chi connectivity index (χ3v) is 5.64. The Bertz CT molecular complexity index is 329. The highest BCUT2D eigenvalue weighted by molar-refractivity contribution is 6.89. The topological polar surface area (TPSA) is 9.23 Å². The van der Waals surface area contributed by atoms with Gasteiger partial charge in [-0.15, -0.1) is 6.58 Å². The maximum Gasteiger partial charge on any atom is 0.244 e. The molecule has 0 spiro atoms. The van der Waals surface area contributed by atoms with E-state index in [-0.39, 0.29) is 0 Å². The summed E-state index contributed by atoms with van der Waals surface area (Å²) in [5, 5.41) is 1.24. The summed E-state index contributed by atoms with van der Waals surface area (Å²) in [6.45, 7) is 9.69. The van der Waals surface area contributed by atoms with Crippen LogP contribution in [0.1, 0.15) is 5.56 Å². The van der Waals surface area contributed by atoms with Gasteiger partial charge in [0.1, 0.15) is 0 Å². The highest BCUT2D eigenvalue weighted by atomic mass is 28.4. The van der Waals surface area contributed by atoms with E-state index in [1.807, 2.05) is 11.8 Å². The van der Waals surface area contributed by atoms with Crippen molar-refractivity contribution in [1.29, 1.82) is 0 Å². The summed E-state index contributed by atoms with van der Waals surface area (Å²) >= 11 is 0. The first-order valence-corrected chi connectivity index (χ1v) is 7.06. The molecule has 74 valence electrons. The second-order valence-electron chi connectivity index (χ2n) is 3.34. The first-order valence-electron chi connectivity index (χ1n) is 4.58. The van der Waals surface area contributed by atoms with Gasteiger partial charge < -0.3 is 4.43 Å². The van der Waals surface area contributed by atoms with Crippen molar-refractivity contribution in [2.45, 2.75) is 6.55 Å². The molecule has 1 aromatic rings. The summed E-state index contributed by atoms with van der Waals surface area (Å²) in [6.07, 6.45) is 1.84. The third kappa shape index (κ3) is 2.03. The van der Waals surface area contributed by atoms with Crippen molar-refractivity contribution in [2.24, 2.45) is 0 Å². The highest BCUT2D eigenvalue weighted by Crippen LogP contribution is 2.07. The lowest BCUT2D eigenvalue weighted by Crippen LogP contribution is -2.45. The molecule has 0 aliphatic heterocycles. The Morgan fingerprint density at radius 2 is 1.79 bits per heavy atom. The van der Waals surface area contributed by atoms with E-state index in [0.717, 1.165) is 5.56 Å². The predicted molar refractivity (Wildman–Crippen MR) is 65.0 cm³/mol. The van der Waals surface area contributed by atoms with Crippen LogP contribution in [0.5, 0.6) is 0 Å². The lowest BCUT2D eigenvalue weighted by molar-refractivity contribution is 0.420. The van der Waals surface area contributed by atoms with Crippen LogP contribution in [0.15, 0.2) is 43.1 Å². The van der Waals surface area contributed by atoms with E-state index in [2.05, 4.69) is 44.0 Å².